The van der Waals surface area contributed by atoms with Crippen LogP contribution in [0.2, 0.25) is 0 Å². The van der Waals surface area contributed by atoms with E-state index in [1.165, 1.54) is 0 Å². The Morgan fingerprint density at radius 1 is 0.967 bits per heavy atom. The van der Waals surface area contributed by atoms with Gasteiger partial charge < -0.3 is 19.8 Å². The molecule has 0 atom stereocenters. The zero-order valence-electron chi connectivity index (χ0n) is 17.4. The molecule has 1 aromatic heterocycles. The number of furan rings is 1. The average molecular weight is 406 g/mol. The molecule has 0 radical (unpaired) electrons. The fraction of sp³-hybridized carbons (Fsp3) is 0.250. The minimum atomic E-state index is -0.343. The fourth-order valence-electron chi connectivity index (χ4n) is 3.01. The summed E-state index contributed by atoms with van der Waals surface area (Å²) in [6.07, 6.45) is 1.55. The third kappa shape index (κ3) is 5.50. The molecule has 0 aliphatic carbocycles. The van der Waals surface area contributed by atoms with Crippen molar-refractivity contribution in [3.05, 3.63) is 83.8 Å². The number of nitrogens with one attached hydrogen (secondary N) is 2. The van der Waals surface area contributed by atoms with E-state index >= 15 is 0 Å². The van der Waals surface area contributed by atoms with E-state index in [9.17, 15) is 9.59 Å². The molecule has 2 amide bonds. The molecule has 156 valence electrons. The first kappa shape index (κ1) is 21.2. The van der Waals surface area contributed by atoms with Crippen LogP contribution < -0.4 is 15.4 Å². The number of amides is 2. The summed E-state index contributed by atoms with van der Waals surface area (Å²) in [5.74, 6) is 0.673. The van der Waals surface area contributed by atoms with Crippen LogP contribution in [0.4, 0.5) is 5.69 Å². The van der Waals surface area contributed by atoms with Gasteiger partial charge >= 0.3 is 0 Å². The Morgan fingerprint density at radius 2 is 1.70 bits per heavy atom. The lowest BCUT2D eigenvalue weighted by Gasteiger charge is -2.22. The average Bonchev–Trinajstić information content (AvgIpc) is 3.24. The van der Waals surface area contributed by atoms with Crippen LogP contribution in [0.15, 0.2) is 71.3 Å². The van der Waals surface area contributed by atoms with Crippen LogP contribution in [0.3, 0.4) is 0 Å². The molecule has 0 aliphatic heterocycles. The Bertz CT molecular complexity index is 1000. The zero-order valence-corrected chi connectivity index (χ0v) is 17.4. The number of benzene rings is 2. The topological polar surface area (TPSA) is 80.6 Å². The van der Waals surface area contributed by atoms with Crippen LogP contribution >= 0.6 is 0 Å². The second kappa shape index (κ2) is 9.31. The van der Waals surface area contributed by atoms with Gasteiger partial charge in [-0.15, -0.1) is 0 Å². The smallest absolute Gasteiger partial charge is 0.262 e. The number of para-hydroxylation sites is 2. The molecule has 0 saturated heterocycles. The second-order valence-corrected chi connectivity index (χ2v) is 7.89. The van der Waals surface area contributed by atoms with Crippen LogP contribution in [-0.2, 0) is 16.8 Å². The van der Waals surface area contributed by atoms with Crippen molar-refractivity contribution in [1.82, 2.24) is 5.32 Å². The molecule has 0 bridgehead atoms. The zero-order chi connectivity index (χ0) is 21.6. The van der Waals surface area contributed by atoms with E-state index in [2.05, 4.69) is 31.4 Å². The normalized spacial score (nSPS) is 11.0. The molecule has 0 fully saturated rings. The highest BCUT2D eigenvalue weighted by atomic mass is 16.5. The van der Waals surface area contributed by atoms with Crippen LogP contribution in [0.5, 0.6) is 5.75 Å². The van der Waals surface area contributed by atoms with Crippen LogP contribution in [0, 0.1) is 0 Å². The molecule has 3 aromatic rings. The Labute approximate surface area is 176 Å². The first-order valence-corrected chi connectivity index (χ1v) is 9.76. The summed E-state index contributed by atoms with van der Waals surface area (Å²) in [5.41, 5.74) is 1.71. The third-order valence-electron chi connectivity index (χ3n) is 4.50. The summed E-state index contributed by atoms with van der Waals surface area (Å²) >= 11 is 0. The van der Waals surface area contributed by atoms with Gasteiger partial charge in [0.2, 0.25) is 0 Å². The van der Waals surface area contributed by atoms with E-state index in [0.29, 0.717) is 22.8 Å². The molecule has 2 aromatic carbocycles. The SMILES string of the molecule is CC(C)(C)c1ccccc1OCC(=O)Nc1ccccc1C(=O)NCc1ccco1. The standard InChI is InChI=1S/C24H26N2O4/c1-24(2,3)19-11-5-7-13-21(19)30-16-22(27)26-20-12-6-4-10-18(20)23(28)25-15-17-9-8-14-29-17/h4-14H,15-16H2,1-3H3,(H,25,28)(H,26,27). The first-order valence-electron chi connectivity index (χ1n) is 9.76. The molecule has 30 heavy (non-hydrogen) atoms. The molecular formula is C24H26N2O4. The van der Waals surface area contributed by atoms with E-state index in [1.54, 1.807) is 42.7 Å². The summed E-state index contributed by atoms with van der Waals surface area (Å²) in [7, 11) is 0. The summed E-state index contributed by atoms with van der Waals surface area (Å²) in [5, 5.41) is 5.55. The number of hydrogen-bond donors (Lipinski definition) is 2. The highest BCUT2D eigenvalue weighted by Gasteiger charge is 2.19. The lowest BCUT2D eigenvalue weighted by Crippen LogP contribution is -2.26. The molecule has 0 aliphatic rings. The van der Waals surface area contributed by atoms with Crippen molar-refractivity contribution in [2.24, 2.45) is 0 Å². The monoisotopic (exact) mass is 406 g/mol. The summed E-state index contributed by atoms with van der Waals surface area (Å²) in [6, 6.07) is 18.0. The molecule has 6 nitrogen and oxygen atoms in total. The highest BCUT2D eigenvalue weighted by Crippen LogP contribution is 2.30. The van der Waals surface area contributed by atoms with E-state index in [4.69, 9.17) is 9.15 Å². The quantitative estimate of drug-likeness (QED) is 0.604. The minimum Gasteiger partial charge on any atom is -0.483 e. The van der Waals surface area contributed by atoms with Gasteiger partial charge in [-0.3, -0.25) is 9.59 Å². The van der Waals surface area contributed by atoms with Gasteiger partial charge in [0.25, 0.3) is 11.8 Å². The van der Waals surface area contributed by atoms with Crippen molar-refractivity contribution in [2.45, 2.75) is 32.7 Å². The molecular weight excluding hydrogens is 380 g/mol. The summed E-state index contributed by atoms with van der Waals surface area (Å²) < 4.78 is 11.0. The van der Waals surface area contributed by atoms with Crippen molar-refractivity contribution in [2.75, 3.05) is 11.9 Å². The predicted molar refractivity (Wildman–Crippen MR) is 116 cm³/mol. The number of rotatable bonds is 7. The Kier molecular flexibility index (Phi) is 6.57. The van der Waals surface area contributed by atoms with Gasteiger partial charge in [0.15, 0.2) is 6.61 Å². The fourth-order valence-corrected chi connectivity index (χ4v) is 3.01. The first-order chi connectivity index (χ1) is 14.3. The van der Waals surface area contributed by atoms with Gasteiger partial charge in [-0.1, -0.05) is 51.1 Å². The van der Waals surface area contributed by atoms with E-state index < -0.39 is 0 Å². The molecule has 2 N–H and O–H groups in total. The van der Waals surface area contributed by atoms with Crippen LogP contribution in [0.1, 0.15) is 42.5 Å². The van der Waals surface area contributed by atoms with Gasteiger partial charge in [-0.25, -0.2) is 0 Å². The summed E-state index contributed by atoms with van der Waals surface area (Å²) in [4.78, 5) is 25.0. The van der Waals surface area contributed by atoms with Crippen molar-refractivity contribution >= 4 is 17.5 Å². The second-order valence-electron chi connectivity index (χ2n) is 7.89. The van der Waals surface area contributed by atoms with Crippen molar-refractivity contribution < 1.29 is 18.7 Å². The maximum atomic E-state index is 12.5. The minimum absolute atomic E-state index is 0.105. The molecule has 3 rings (SSSR count). The van der Waals surface area contributed by atoms with Gasteiger partial charge in [-0.05, 0) is 41.3 Å². The van der Waals surface area contributed by atoms with E-state index in [0.717, 1.165) is 5.56 Å². The molecule has 6 heteroatoms. The van der Waals surface area contributed by atoms with Crippen molar-refractivity contribution in [3.63, 3.8) is 0 Å². The lowest BCUT2D eigenvalue weighted by molar-refractivity contribution is -0.118. The Hall–Kier alpha value is -3.54. The van der Waals surface area contributed by atoms with E-state index in [-0.39, 0.29) is 30.4 Å². The Balaban J connectivity index is 1.63. The van der Waals surface area contributed by atoms with E-state index in [1.807, 2.05) is 24.3 Å². The molecule has 0 saturated carbocycles. The summed E-state index contributed by atoms with van der Waals surface area (Å²) in [6.45, 7) is 6.38. The Morgan fingerprint density at radius 3 is 2.43 bits per heavy atom. The third-order valence-corrected chi connectivity index (χ3v) is 4.50. The van der Waals surface area contributed by atoms with Gasteiger partial charge in [0.1, 0.15) is 11.5 Å². The highest BCUT2D eigenvalue weighted by molar-refractivity contribution is 6.04. The number of ether oxygens (including phenoxy) is 1. The number of carbonyl (C=O) groups excluding carboxylic acids is 2. The maximum Gasteiger partial charge on any atom is 0.262 e. The van der Waals surface area contributed by atoms with Gasteiger partial charge in [-0.2, -0.15) is 0 Å². The van der Waals surface area contributed by atoms with Crippen LogP contribution in [-0.4, -0.2) is 18.4 Å². The largest absolute Gasteiger partial charge is 0.483 e. The molecule has 0 spiro atoms. The lowest BCUT2D eigenvalue weighted by atomic mass is 9.86. The predicted octanol–water partition coefficient (Wildman–Crippen LogP) is 4.52. The van der Waals surface area contributed by atoms with Gasteiger partial charge in [0, 0.05) is 0 Å². The molecule has 0 unspecified atom stereocenters. The van der Waals surface area contributed by atoms with Crippen LogP contribution in [0.25, 0.3) is 0 Å². The van der Waals surface area contributed by atoms with Crippen molar-refractivity contribution in [1.29, 1.82) is 0 Å². The van der Waals surface area contributed by atoms with Crippen molar-refractivity contribution in [3.8, 4) is 5.75 Å². The number of carbonyl (C=O) groups is 2. The maximum absolute atomic E-state index is 12.5. The number of hydrogen-bond acceptors (Lipinski definition) is 4. The number of anilines is 1. The van der Waals surface area contributed by atoms with Gasteiger partial charge in [0.05, 0.1) is 24.1 Å². The molecule has 1 heterocycles.